The molecule has 0 unspecified atom stereocenters. The molecule has 0 aromatic heterocycles. The number of nitrogens with one attached hydrogen (secondary N) is 2. The van der Waals surface area contributed by atoms with Gasteiger partial charge in [-0.05, 0) is 37.0 Å². The van der Waals surface area contributed by atoms with Gasteiger partial charge in [0.2, 0.25) is 10.0 Å². The van der Waals surface area contributed by atoms with Gasteiger partial charge < -0.3 is 10.1 Å². The van der Waals surface area contributed by atoms with E-state index in [1.54, 1.807) is 19.2 Å². The first-order valence-corrected chi connectivity index (χ1v) is 8.41. The largest absolute Gasteiger partial charge is 0.385 e. The predicted octanol–water partition coefficient (Wildman–Crippen LogP) is 1.25. The molecule has 0 amide bonds. The second kappa shape index (κ2) is 7.17. The van der Waals surface area contributed by atoms with E-state index in [4.69, 9.17) is 4.74 Å². The van der Waals surface area contributed by atoms with E-state index in [2.05, 4.69) is 10.0 Å². The van der Waals surface area contributed by atoms with Gasteiger partial charge in [-0.15, -0.1) is 0 Å². The van der Waals surface area contributed by atoms with Gasteiger partial charge in [-0.25, -0.2) is 13.1 Å². The van der Waals surface area contributed by atoms with E-state index >= 15 is 0 Å². The molecule has 0 spiro atoms. The molecule has 1 aromatic carbocycles. The Labute approximate surface area is 120 Å². The van der Waals surface area contributed by atoms with Crippen LogP contribution in [-0.2, 0) is 21.3 Å². The topological polar surface area (TPSA) is 67.4 Å². The first-order chi connectivity index (χ1) is 9.62. The standard InChI is InChI=1S/C14H22N2O3S/c1-19-10-2-9-16-20(17,18)14-7-3-12(4-8-14)11-15-13-5-6-13/h3-4,7-8,13,15-16H,2,5-6,9-11H2,1H3. The highest BCUT2D eigenvalue weighted by Gasteiger charge is 2.20. The molecule has 5 nitrogen and oxygen atoms in total. The molecule has 1 aliphatic carbocycles. The van der Waals surface area contributed by atoms with Crippen molar-refractivity contribution in [3.05, 3.63) is 29.8 Å². The smallest absolute Gasteiger partial charge is 0.240 e. The van der Waals surface area contributed by atoms with Crippen molar-refractivity contribution in [3.63, 3.8) is 0 Å². The summed E-state index contributed by atoms with van der Waals surface area (Å²) < 4.78 is 31.5. The summed E-state index contributed by atoms with van der Waals surface area (Å²) in [7, 11) is -1.80. The SMILES string of the molecule is COCCCNS(=O)(=O)c1ccc(CNC2CC2)cc1. The summed E-state index contributed by atoms with van der Waals surface area (Å²) in [6.45, 7) is 1.74. The van der Waals surface area contributed by atoms with Gasteiger partial charge in [0.25, 0.3) is 0 Å². The van der Waals surface area contributed by atoms with E-state index < -0.39 is 10.0 Å². The summed E-state index contributed by atoms with van der Waals surface area (Å²) in [5.41, 5.74) is 1.11. The summed E-state index contributed by atoms with van der Waals surface area (Å²) in [4.78, 5) is 0.310. The van der Waals surface area contributed by atoms with Crippen molar-refractivity contribution < 1.29 is 13.2 Å². The second-order valence-electron chi connectivity index (χ2n) is 5.04. The molecule has 1 saturated carbocycles. The van der Waals surface area contributed by atoms with Gasteiger partial charge in [0, 0.05) is 32.8 Å². The Morgan fingerprint density at radius 1 is 1.25 bits per heavy atom. The Morgan fingerprint density at radius 2 is 1.95 bits per heavy atom. The van der Waals surface area contributed by atoms with Crippen LogP contribution in [0.25, 0.3) is 0 Å². The van der Waals surface area contributed by atoms with E-state index in [0.29, 0.717) is 30.5 Å². The van der Waals surface area contributed by atoms with Crippen LogP contribution in [0, 0.1) is 0 Å². The Balaban J connectivity index is 1.86. The predicted molar refractivity (Wildman–Crippen MR) is 78.0 cm³/mol. The molecule has 1 aliphatic rings. The number of rotatable bonds is 9. The lowest BCUT2D eigenvalue weighted by Gasteiger charge is -2.08. The van der Waals surface area contributed by atoms with Gasteiger partial charge in [-0.3, -0.25) is 0 Å². The summed E-state index contributed by atoms with van der Waals surface area (Å²) in [6, 6.07) is 7.68. The highest BCUT2D eigenvalue weighted by atomic mass is 32.2. The monoisotopic (exact) mass is 298 g/mol. The van der Waals surface area contributed by atoms with Crippen LogP contribution in [0.2, 0.25) is 0 Å². The molecule has 2 N–H and O–H groups in total. The van der Waals surface area contributed by atoms with Gasteiger partial charge in [0.05, 0.1) is 4.90 Å². The van der Waals surface area contributed by atoms with E-state index in [0.717, 1.165) is 12.1 Å². The highest BCUT2D eigenvalue weighted by Crippen LogP contribution is 2.19. The van der Waals surface area contributed by atoms with Crippen LogP contribution in [0.5, 0.6) is 0 Å². The van der Waals surface area contributed by atoms with E-state index in [-0.39, 0.29) is 0 Å². The molecule has 0 saturated heterocycles. The summed E-state index contributed by atoms with van der Waals surface area (Å²) >= 11 is 0. The minimum absolute atomic E-state index is 0.310. The van der Waals surface area contributed by atoms with Crippen LogP contribution in [0.1, 0.15) is 24.8 Å². The first-order valence-electron chi connectivity index (χ1n) is 6.93. The number of ether oxygens (including phenoxy) is 1. The zero-order valence-electron chi connectivity index (χ0n) is 11.8. The van der Waals surface area contributed by atoms with Gasteiger partial charge in [0.15, 0.2) is 0 Å². The summed E-state index contributed by atoms with van der Waals surface area (Å²) in [6.07, 6.45) is 3.16. The highest BCUT2D eigenvalue weighted by molar-refractivity contribution is 7.89. The maximum absolute atomic E-state index is 12.0. The molecule has 0 aliphatic heterocycles. The van der Waals surface area contributed by atoms with Gasteiger partial charge in [-0.2, -0.15) is 0 Å². The van der Waals surface area contributed by atoms with E-state index in [1.807, 2.05) is 12.1 Å². The number of sulfonamides is 1. The quantitative estimate of drug-likeness (QED) is 0.673. The third kappa shape index (κ3) is 4.86. The molecule has 112 valence electrons. The van der Waals surface area contributed by atoms with Gasteiger partial charge in [0.1, 0.15) is 0 Å². The summed E-state index contributed by atoms with van der Waals surface area (Å²) in [5, 5.41) is 3.40. The molecular formula is C14H22N2O3S. The molecule has 0 bridgehead atoms. The Morgan fingerprint density at radius 3 is 2.55 bits per heavy atom. The first kappa shape index (κ1) is 15.4. The average molecular weight is 298 g/mol. The van der Waals surface area contributed by atoms with E-state index in [9.17, 15) is 8.42 Å². The van der Waals surface area contributed by atoms with Crippen LogP contribution >= 0.6 is 0 Å². The maximum atomic E-state index is 12.0. The third-order valence-electron chi connectivity index (χ3n) is 3.22. The minimum Gasteiger partial charge on any atom is -0.385 e. The van der Waals surface area contributed by atoms with Crippen molar-refractivity contribution in [1.29, 1.82) is 0 Å². The van der Waals surface area contributed by atoms with Crippen LogP contribution in [0.15, 0.2) is 29.2 Å². The molecular weight excluding hydrogens is 276 g/mol. The zero-order chi connectivity index (χ0) is 14.4. The van der Waals surface area contributed by atoms with Crippen LogP contribution < -0.4 is 10.0 Å². The van der Waals surface area contributed by atoms with Crippen molar-refractivity contribution in [3.8, 4) is 0 Å². The number of benzene rings is 1. The van der Waals surface area contributed by atoms with E-state index in [1.165, 1.54) is 12.8 Å². The minimum atomic E-state index is -3.40. The van der Waals surface area contributed by atoms with Gasteiger partial charge in [-0.1, -0.05) is 12.1 Å². The Kier molecular flexibility index (Phi) is 5.54. The van der Waals surface area contributed by atoms with Crippen molar-refractivity contribution in [2.24, 2.45) is 0 Å². The third-order valence-corrected chi connectivity index (χ3v) is 4.70. The van der Waals surface area contributed by atoms with Crippen LogP contribution in [0.3, 0.4) is 0 Å². The van der Waals surface area contributed by atoms with Crippen LogP contribution in [-0.4, -0.2) is 34.7 Å². The second-order valence-corrected chi connectivity index (χ2v) is 6.81. The molecule has 0 atom stereocenters. The average Bonchev–Trinajstić information content (AvgIpc) is 3.26. The number of hydrogen-bond acceptors (Lipinski definition) is 4. The Hall–Kier alpha value is -0.950. The number of methoxy groups -OCH3 is 1. The fraction of sp³-hybridized carbons (Fsp3) is 0.571. The van der Waals surface area contributed by atoms with Crippen LogP contribution in [0.4, 0.5) is 0 Å². The molecule has 1 aromatic rings. The van der Waals surface area contributed by atoms with Crippen molar-refractivity contribution in [2.75, 3.05) is 20.3 Å². The molecule has 2 rings (SSSR count). The van der Waals surface area contributed by atoms with Crippen molar-refractivity contribution in [1.82, 2.24) is 10.0 Å². The fourth-order valence-corrected chi connectivity index (χ4v) is 2.92. The molecule has 20 heavy (non-hydrogen) atoms. The lowest BCUT2D eigenvalue weighted by molar-refractivity contribution is 0.196. The summed E-state index contributed by atoms with van der Waals surface area (Å²) in [5.74, 6) is 0. The molecule has 1 fully saturated rings. The van der Waals surface area contributed by atoms with Gasteiger partial charge >= 0.3 is 0 Å². The lowest BCUT2D eigenvalue weighted by Crippen LogP contribution is -2.25. The molecule has 0 heterocycles. The maximum Gasteiger partial charge on any atom is 0.240 e. The zero-order valence-corrected chi connectivity index (χ0v) is 12.6. The lowest BCUT2D eigenvalue weighted by atomic mass is 10.2. The normalized spacial score (nSPS) is 15.4. The van der Waals surface area contributed by atoms with Crippen molar-refractivity contribution >= 4 is 10.0 Å². The number of hydrogen-bond donors (Lipinski definition) is 2. The Bertz CT molecular complexity index is 510. The molecule has 6 heteroatoms. The van der Waals surface area contributed by atoms with Crippen molar-refractivity contribution in [2.45, 2.75) is 36.7 Å². The molecule has 0 radical (unpaired) electrons. The fourth-order valence-electron chi connectivity index (χ4n) is 1.84.